The van der Waals surface area contributed by atoms with Crippen LogP contribution >= 0.6 is 0 Å². The molecule has 4 nitrogen and oxygen atoms in total. The van der Waals surface area contributed by atoms with Gasteiger partial charge >= 0.3 is 6.03 Å². The van der Waals surface area contributed by atoms with Crippen LogP contribution in [0.25, 0.3) is 0 Å². The number of carbonyl (C=O) groups excluding carboxylic acids is 1. The second-order valence-electron chi connectivity index (χ2n) is 5.61. The van der Waals surface area contributed by atoms with Gasteiger partial charge in [0.2, 0.25) is 0 Å². The third kappa shape index (κ3) is 3.68. The van der Waals surface area contributed by atoms with E-state index >= 15 is 0 Å². The van der Waals surface area contributed by atoms with E-state index in [0.717, 1.165) is 5.56 Å². The molecule has 0 bridgehead atoms. The van der Waals surface area contributed by atoms with Crippen LogP contribution in [0.2, 0.25) is 0 Å². The standard InChI is InChI=1S/C18H19FN2O2/c1-13-7-8-15(11-16(13)19)20-18(22)21-9-10-23-17(12-21)14-5-3-2-4-6-14/h2-8,11,17H,9-10,12H2,1H3,(H,20,22). The van der Waals surface area contributed by atoms with E-state index in [1.165, 1.54) is 6.07 Å². The average Bonchev–Trinajstić information content (AvgIpc) is 2.59. The van der Waals surface area contributed by atoms with Gasteiger partial charge in [-0.15, -0.1) is 0 Å². The maximum atomic E-state index is 13.6. The zero-order valence-electron chi connectivity index (χ0n) is 13.0. The van der Waals surface area contributed by atoms with Crippen LogP contribution in [0.3, 0.4) is 0 Å². The van der Waals surface area contributed by atoms with Gasteiger partial charge in [-0.3, -0.25) is 0 Å². The summed E-state index contributed by atoms with van der Waals surface area (Å²) >= 11 is 0. The smallest absolute Gasteiger partial charge is 0.322 e. The summed E-state index contributed by atoms with van der Waals surface area (Å²) in [5.74, 6) is -0.327. The number of ether oxygens (including phenoxy) is 1. The minimum absolute atomic E-state index is 0.134. The molecule has 2 aromatic rings. The van der Waals surface area contributed by atoms with E-state index < -0.39 is 0 Å². The maximum absolute atomic E-state index is 13.6. The number of morpholine rings is 1. The van der Waals surface area contributed by atoms with Crippen molar-refractivity contribution in [3.63, 3.8) is 0 Å². The van der Waals surface area contributed by atoms with E-state index in [1.54, 1.807) is 24.0 Å². The van der Waals surface area contributed by atoms with Crippen molar-refractivity contribution >= 4 is 11.7 Å². The quantitative estimate of drug-likeness (QED) is 0.917. The topological polar surface area (TPSA) is 41.6 Å². The fourth-order valence-corrected chi connectivity index (χ4v) is 2.58. The highest BCUT2D eigenvalue weighted by molar-refractivity contribution is 5.89. The number of hydrogen-bond donors (Lipinski definition) is 1. The van der Waals surface area contributed by atoms with Gasteiger partial charge in [-0.05, 0) is 30.2 Å². The molecule has 1 N–H and O–H groups in total. The van der Waals surface area contributed by atoms with Crippen LogP contribution in [0.4, 0.5) is 14.9 Å². The van der Waals surface area contributed by atoms with Gasteiger partial charge in [0.1, 0.15) is 11.9 Å². The number of anilines is 1. The molecule has 1 fully saturated rings. The largest absolute Gasteiger partial charge is 0.370 e. The molecule has 5 heteroatoms. The Kier molecular flexibility index (Phi) is 4.57. The Bertz CT molecular complexity index is 691. The number of nitrogens with zero attached hydrogens (tertiary/aromatic N) is 1. The van der Waals surface area contributed by atoms with Gasteiger partial charge in [0, 0.05) is 12.2 Å². The Labute approximate surface area is 134 Å². The Balaban J connectivity index is 1.66. The monoisotopic (exact) mass is 314 g/mol. The highest BCUT2D eigenvalue weighted by Crippen LogP contribution is 2.22. The second-order valence-corrected chi connectivity index (χ2v) is 5.61. The molecular formula is C18H19FN2O2. The molecule has 2 aromatic carbocycles. The summed E-state index contributed by atoms with van der Waals surface area (Å²) in [5, 5.41) is 2.74. The van der Waals surface area contributed by atoms with Crippen molar-refractivity contribution in [1.82, 2.24) is 4.90 Å². The van der Waals surface area contributed by atoms with E-state index in [0.29, 0.717) is 30.9 Å². The first kappa shape index (κ1) is 15.5. The van der Waals surface area contributed by atoms with Crippen molar-refractivity contribution < 1.29 is 13.9 Å². The molecule has 1 aliphatic rings. The molecule has 0 aromatic heterocycles. The first-order valence-corrected chi connectivity index (χ1v) is 7.62. The Morgan fingerprint density at radius 1 is 1.26 bits per heavy atom. The zero-order valence-corrected chi connectivity index (χ0v) is 13.0. The molecule has 0 spiro atoms. The summed E-state index contributed by atoms with van der Waals surface area (Å²) in [6.07, 6.45) is -0.134. The summed E-state index contributed by atoms with van der Waals surface area (Å²) in [7, 11) is 0. The van der Waals surface area contributed by atoms with Crippen molar-refractivity contribution in [3.05, 3.63) is 65.5 Å². The van der Waals surface area contributed by atoms with Crippen molar-refractivity contribution in [2.24, 2.45) is 0 Å². The molecule has 0 saturated carbocycles. The van der Waals surface area contributed by atoms with Crippen LogP contribution in [-0.2, 0) is 4.74 Å². The fourth-order valence-electron chi connectivity index (χ4n) is 2.58. The molecule has 0 radical (unpaired) electrons. The summed E-state index contributed by atoms with van der Waals surface area (Å²) in [6.45, 7) is 3.16. The first-order chi connectivity index (χ1) is 11.1. The SMILES string of the molecule is Cc1ccc(NC(=O)N2CCOC(c3ccccc3)C2)cc1F. The lowest BCUT2D eigenvalue weighted by atomic mass is 10.1. The number of hydrogen-bond acceptors (Lipinski definition) is 2. The molecule has 1 unspecified atom stereocenters. The minimum atomic E-state index is -0.327. The highest BCUT2D eigenvalue weighted by Gasteiger charge is 2.25. The van der Waals surface area contributed by atoms with Crippen molar-refractivity contribution in [2.75, 3.05) is 25.0 Å². The van der Waals surface area contributed by atoms with Crippen LogP contribution in [0.15, 0.2) is 48.5 Å². The number of amides is 2. The number of nitrogens with one attached hydrogen (secondary N) is 1. The van der Waals surface area contributed by atoms with E-state index in [-0.39, 0.29) is 18.0 Å². The van der Waals surface area contributed by atoms with Crippen LogP contribution in [0, 0.1) is 12.7 Å². The van der Waals surface area contributed by atoms with Gasteiger partial charge < -0.3 is 15.0 Å². The van der Waals surface area contributed by atoms with Crippen LogP contribution in [0.1, 0.15) is 17.2 Å². The normalized spacial score (nSPS) is 17.8. The lowest BCUT2D eigenvalue weighted by Crippen LogP contribution is -2.44. The van der Waals surface area contributed by atoms with Gasteiger partial charge in [0.05, 0.1) is 13.2 Å². The number of urea groups is 1. The molecule has 2 amide bonds. The van der Waals surface area contributed by atoms with Gasteiger partial charge in [0.15, 0.2) is 0 Å². The van der Waals surface area contributed by atoms with Crippen LogP contribution in [0.5, 0.6) is 0 Å². The fraction of sp³-hybridized carbons (Fsp3) is 0.278. The first-order valence-electron chi connectivity index (χ1n) is 7.62. The zero-order chi connectivity index (χ0) is 16.2. The lowest BCUT2D eigenvalue weighted by Gasteiger charge is -2.33. The number of aryl methyl sites for hydroxylation is 1. The summed E-state index contributed by atoms with van der Waals surface area (Å²) in [6, 6.07) is 14.3. The minimum Gasteiger partial charge on any atom is -0.370 e. The molecule has 1 saturated heterocycles. The second kappa shape index (κ2) is 6.79. The van der Waals surface area contributed by atoms with Gasteiger partial charge in [-0.1, -0.05) is 36.4 Å². The molecular weight excluding hydrogens is 295 g/mol. The van der Waals surface area contributed by atoms with Gasteiger partial charge in [-0.25, -0.2) is 9.18 Å². The lowest BCUT2D eigenvalue weighted by molar-refractivity contribution is -0.0135. The van der Waals surface area contributed by atoms with Crippen LogP contribution in [-0.4, -0.2) is 30.6 Å². The van der Waals surface area contributed by atoms with Crippen molar-refractivity contribution in [2.45, 2.75) is 13.0 Å². The summed E-state index contributed by atoms with van der Waals surface area (Å²) in [4.78, 5) is 14.1. The third-order valence-corrected chi connectivity index (χ3v) is 3.95. The Hall–Kier alpha value is -2.40. The Morgan fingerprint density at radius 3 is 2.78 bits per heavy atom. The molecule has 120 valence electrons. The van der Waals surface area contributed by atoms with E-state index in [1.807, 2.05) is 30.3 Å². The number of carbonyl (C=O) groups is 1. The average molecular weight is 314 g/mol. The molecule has 23 heavy (non-hydrogen) atoms. The van der Waals surface area contributed by atoms with Gasteiger partial charge in [0.25, 0.3) is 0 Å². The molecule has 3 rings (SSSR count). The predicted octanol–water partition coefficient (Wildman–Crippen LogP) is 3.74. The molecule has 0 aliphatic carbocycles. The third-order valence-electron chi connectivity index (χ3n) is 3.95. The molecule has 1 heterocycles. The summed E-state index contributed by atoms with van der Waals surface area (Å²) < 4.78 is 19.3. The van der Waals surface area contributed by atoms with Gasteiger partial charge in [-0.2, -0.15) is 0 Å². The number of halogens is 1. The summed E-state index contributed by atoms with van der Waals surface area (Å²) in [5.41, 5.74) is 2.06. The van der Waals surface area contributed by atoms with E-state index in [9.17, 15) is 9.18 Å². The van der Waals surface area contributed by atoms with E-state index in [2.05, 4.69) is 5.32 Å². The Morgan fingerprint density at radius 2 is 2.04 bits per heavy atom. The number of benzene rings is 2. The number of rotatable bonds is 2. The highest BCUT2D eigenvalue weighted by atomic mass is 19.1. The predicted molar refractivity (Wildman–Crippen MR) is 86.9 cm³/mol. The van der Waals surface area contributed by atoms with Crippen molar-refractivity contribution in [1.29, 1.82) is 0 Å². The molecule has 1 aliphatic heterocycles. The maximum Gasteiger partial charge on any atom is 0.322 e. The van der Waals surface area contributed by atoms with Crippen LogP contribution < -0.4 is 5.32 Å². The van der Waals surface area contributed by atoms with Crippen molar-refractivity contribution in [3.8, 4) is 0 Å². The van der Waals surface area contributed by atoms with E-state index in [4.69, 9.17) is 4.74 Å². The molecule has 1 atom stereocenters.